The summed E-state index contributed by atoms with van der Waals surface area (Å²) in [5.74, 6) is -1.20. The highest BCUT2D eigenvalue weighted by Crippen LogP contribution is 2.44. The summed E-state index contributed by atoms with van der Waals surface area (Å²) in [7, 11) is 0. The second-order valence-electron chi connectivity index (χ2n) is 11.5. The molecule has 0 aliphatic heterocycles. The summed E-state index contributed by atoms with van der Waals surface area (Å²) in [6.45, 7) is 8.64. The molecule has 2 aromatic heterocycles. The SMILES string of the molecule is CCCCCCc1cc(-c2ccc(N(c3ccc(C)cc3)c3ccc(C)cc3)cc2C)sc1-c1ccc(/C=C(\C#N)C(=O)O)s1. The third-order valence-electron chi connectivity index (χ3n) is 7.91. The zero-order valence-corrected chi connectivity index (χ0v) is 27.9. The molecule has 0 aliphatic carbocycles. The fraction of sp³-hybridized carbons (Fsp3) is 0.231. The Balaban J connectivity index is 1.53. The minimum absolute atomic E-state index is 0.254. The average molecular weight is 631 g/mol. The van der Waals surface area contributed by atoms with Crippen molar-refractivity contribution in [2.45, 2.75) is 59.8 Å². The molecular formula is C39H38N2O2S2. The molecule has 45 heavy (non-hydrogen) atoms. The van der Waals surface area contributed by atoms with E-state index in [4.69, 9.17) is 0 Å². The molecule has 0 amide bonds. The van der Waals surface area contributed by atoms with E-state index in [-0.39, 0.29) is 5.57 Å². The molecule has 0 saturated heterocycles. The number of benzene rings is 3. The van der Waals surface area contributed by atoms with Crippen LogP contribution in [0.3, 0.4) is 0 Å². The molecule has 1 N–H and O–H groups in total. The van der Waals surface area contributed by atoms with E-state index >= 15 is 0 Å². The lowest BCUT2D eigenvalue weighted by Crippen LogP contribution is -2.10. The van der Waals surface area contributed by atoms with Gasteiger partial charge in [0, 0.05) is 36.6 Å². The third kappa shape index (κ3) is 7.62. The van der Waals surface area contributed by atoms with Gasteiger partial charge in [0.25, 0.3) is 0 Å². The van der Waals surface area contributed by atoms with Crippen molar-refractivity contribution in [2.24, 2.45) is 0 Å². The average Bonchev–Trinajstić information content (AvgIpc) is 3.67. The number of carbonyl (C=O) groups is 1. The smallest absolute Gasteiger partial charge is 0.346 e. The van der Waals surface area contributed by atoms with Crippen LogP contribution in [-0.4, -0.2) is 11.1 Å². The first-order chi connectivity index (χ1) is 21.8. The van der Waals surface area contributed by atoms with Crippen molar-refractivity contribution in [1.82, 2.24) is 0 Å². The van der Waals surface area contributed by atoms with Gasteiger partial charge in [-0.1, -0.05) is 67.6 Å². The van der Waals surface area contributed by atoms with Gasteiger partial charge in [-0.25, -0.2) is 4.79 Å². The summed E-state index contributed by atoms with van der Waals surface area (Å²) in [4.78, 5) is 18.0. The van der Waals surface area contributed by atoms with Crippen molar-refractivity contribution in [2.75, 3.05) is 4.90 Å². The van der Waals surface area contributed by atoms with Crippen molar-refractivity contribution in [1.29, 1.82) is 5.26 Å². The summed E-state index contributed by atoms with van der Waals surface area (Å²) in [5, 5.41) is 18.5. The normalized spacial score (nSPS) is 11.4. The van der Waals surface area contributed by atoms with Gasteiger partial charge >= 0.3 is 5.97 Å². The molecule has 0 fully saturated rings. The second kappa shape index (κ2) is 14.6. The number of thiophene rings is 2. The molecule has 5 aromatic rings. The number of unbranched alkanes of at least 4 members (excludes halogenated alkanes) is 3. The number of aryl methyl sites for hydroxylation is 4. The fourth-order valence-electron chi connectivity index (χ4n) is 5.43. The number of hydrogen-bond donors (Lipinski definition) is 1. The summed E-state index contributed by atoms with van der Waals surface area (Å²) < 4.78 is 0. The van der Waals surface area contributed by atoms with Gasteiger partial charge in [0.2, 0.25) is 0 Å². The minimum atomic E-state index is -1.20. The molecule has 0 spiro atoms. The molecule has 2 heterocycles. The molecule has 0 unspecified atom stereocenters. The first kappa shape index (κ1) is 32.0. The van der Waals surface area contributed by atoms with E-state index in [1.807, 2.05) is 6.07 Å². The highest BCUT2D eigenvalue weighted by atomic mass is 32.1. The Kier molecular flexibility index (Phi) is 10.3. The van der Waals surface area contributed by atoms with E-state index in [1.165, 1.54) is 74.2 Å². The summed E-state index contributed by atoms with van der Waals surface area (Å²) in [6, 6.07) is 32.1. The quantitative estimate of drug-likeness (QED) is 0.0846. The maximum Gasteiger partial charge on any atom is 0.346 e. The van der Waals surface area contributed by atoms with Gasteiger partial charge in [0.05, 0.1) is 0 Å². The number of aliphatic carboxylic acids is 1. The molecule has 4 nitrogen and oxygen atoms in total. The maximum atomic E-state index is 11.4. The predicted molar refractivity (Wildman–Crippen MR) is 191 cm³/mol. The number of anilines is 3. The van der Waals surface area contributed by atoms with Crippen molar-refractivity contribution in [3.8, 4) is 26.3 Å². The van der Waals surface area contributed by atoms with Gasteiger partial charge in [-0.15, -0.1) is 22.7 Å². The van der Waals surface area contributed by atoms with Crippen molar-refractivity contribution in [3.05, 3.63) is 118 Å². The molecular weight excluding hydrogens is 593 g/mol. The molecule has 0 aliphatic rings. The van der Waals surface area contributed by atoms with Crippen LogP contribution in [-0.2, 0) is 11.2 Å². The Morgan fingerprint density at radius 3 is 2.02 bits per heavy atom. The number of carboxylic acid groups (broad SMARTS) is 1. The largest absolute Gasteiger partial charge is 0.477 e. The van der Waals surface area contributed by atoms with Crippen molar-refractivity contribution in [3.63, 3.8) is 0 Å². The van der Waals surface area contributed by atoms with Crippen LogP contribution in [0.1, 0.15) is 59.7 Å². The van der Waals surface area contributed by atoms with Crippen LogP contribution in [0.4, 0.5) is 17.1 Å². The van der Waals surface area contributed by atoms with E-state index in [9.17, 15) is 15.2 Å². The number of nitrogens with zero attached hydrogens (tertiary/aromatic N) is 2. The van der Waals surface area contributed by atoms with E-state index in [2.05, 4.69) is 111 Å². The number of hydrogen-bond acceptors (Lipinski definition) is 5. The fourth-order valence-corrected chi connectivity index (χ4v) is 7.83. The van der Waals surface area contributed by atoms with Gasteiger partial charge in [-0.05, 0) is 111 Å². The molecule has 0 saturated carbocycles. The number of rotatable bonds is 12. The molecule has 3 aromatic carbocycles. The number of carboxylic acids is 1. The highest BCUT2D eigenvalue weighted by Gasteiger charge is 2.18. The van der Waals surface area contributed by atoms with Gasteiger partial charge in [-0.2, -0.15) is 5.26 Å². The first-order valence-electron chi connectivity index (χ1n) is 15.4. The summed E-state index contributed by atoms with van der Waals surface area (Å²) in [6.07, 6.45) is 7.21. The Hall–Kier alpha value is -4.44. The summed E-state index contributed by atoms with van der Waals surface area (Å²) >= 11 is 3.33. The van der Waals surface area contributed by atoms with Gasteiger partial charge in [-0.3, -0.25) is 0 Å². The molecule has 6 heteroatoms. The Morgan fingerprint density at radius 2 is 1.44 bits per heavy atom. The molecule has 0 atom stereocenters. The van der Waals surface area contributed by atoms with E-state index in [1.54, 1.807) is 17.4 Å². The molecule has 228 valence electrons. The zero-order valence-electron chi connectivity index (χ0n) is 26.3. The van der Waals surface area contributed by atoms with Crippen LogP contribution in [0.25, 0.3) is 26.3 Å². The highest BCUT2D eigenvalue weighted by molar-refractivity contribution is 7.24. The topological polar surface area (TPSA) is 64.3 Å². The van der Waals surface area contributed by atoms with Crippen LogP contribution in [0.5, 0.6) is 0 Å². The Labute approximate surface area is 274 Å². The lowest BCUT2D eigenvalue weighted by molar-refractivity contribution is -0.132. The van der Waals surface area contributed by atoms with E-state index in [0.717, 1.165) is 39.7 Å². The van der Waals surface area contributed by atoms with Crippen molar-refractivity contribution < 1.29 is 9.90 Å². The van der Waals surface area contributed by atoms with Crippen LogP contribution in [0.2, 0.25) is 0 Å². The molecule has 5 rings (SSSR count). The summed E-state index contributed by atoms with van der Waals surface area (Å²) in [5.41, 5.74) is 9.31. The van der Waals surface area contributed by atoms with E-state index in [0.29, 0.717) is 0 Å². The molecule has 0 radical (unpaired) electrons. The Morgan fingerprint density at radius 1 is 0.800 bits per heavy atom. The Bertz CT molecular complexity index is 1810. The van der Waals surface area contributed by atoms with Gasteiger partial charge in [0.15, 0.2) is 0 Å². The minimum Gasteiger partial charge on any atom is -0.477 e. The second-order valence-corrected chi connectivity index (χ2v) is 13.6. The van der Waals surface area contributed by atoms with Crippen LogP contribution >= 0.6 is 22.7 Å². The maximum absolute atomic E-state index is 11.4. The van der Waals surface area contributed by atoms with E-state index < -0.39 is 5.97 Å². The lowest BCUT2D eigenvalue weighted by Gasteiger charge is -2.26. The zero-order chi connectivity index (χ0) is 31.9. The molecule has 0 bridgehead atoms. The van der Waals surface area contributed by atoms with Crippen molar-refractivity contribution >= 4 is 51.8 Å². The lowest BCUT2D eigenvalue weighted by atomic mass is 10.0. The predicted octanol–water partition coefficient (Wildman–Crippen LogP) is 11.7. The first-order valence-corrected chi connectivity index (χ1v) is 17.0. The van der Waals surface area contributed by atoms with Crippen LogP contribution in [0, 0.1) is 32.1 Å². The van der Waals surface area contributed by atoms with Gasteiger partial charge < -0.3 is 10.0 Å². The van der Waals surface area contributed by atoms with Crippen LogP contribution in [0.15, 0.2) is 90.5 Å². The standard InChI is InChI=1S/C39H38N2O2S2/c1-5-6-7-8-9-29-24-37(45-38(29)36-21-19-34(44-36)23-30(25-40)39(42)43)35-20-18-33(22-28(35)4)41(31-14-10-26(2)11-15-31)32-16-12-27(3)13-17-32/h10-24H,5-9H2,1-4H3,(H,42,43)/b30-23+. The third-order valence-corrected chi connectivity index (χ3v) is 10.3. The van der Waals surface area contributed by atoms with Crippen LogP contribution < -0.4 is 4.90 Å². The number of nitriles is 1. The van der Waals surface area contributed by atoms with Gasteiger partial charge in [0.1, 0.15) is 11.6 Å². The monoisotopic (exact) mass is 630 g/mol.